The molecule has 0 unspecified atom stereocenters. The van der Waals surface area contributed by atoms with E-state index in [-0.39, 0.29) is 0 Å². The SMILES string of the molecule is CCCc1nc2cc(C)c(C)cc2n1CCOCCN. The zero-order valence-electron chi connectivity index (χ0n) is 12.8. The molecule has 1 aromatic heterocycles. The fourth-order valence-electron chi connectivity index (χ4n) is 2.44. The standard InChI is InChI=1S/C16H25N3O/c1-4-5-16-18-14-10-12(2)13(3)11-15(14)19(16)7-9-20-8-6-17/h10-11H,4-9,17H2,1-3H3. The third-order valence-electron chi connectivity index (χ3n) is 3.64. The number of hydrogen-bond acceptors (Lipinski definition) is 3. The second-order valence-electron chi connectivity index (χ2n) is 5.26. The number of ether oxygens (including phenoxy) is 1. The van der Waals surface area contributed by atoms with E-state index >= 15 is 0 Å². The van der Waals surface area contributed by atoms with Crippen LogP contribution in [0.4, 0.5) is 0 Å². The molecule has 0 bridgehead atoms. The summed E-state index contributed by atoms with van der Waals surface area (Å²) >= 11 is 0. The third-order valence-corrected chi connectivity index (χ3v) is 3.64. The normalized spacial score (nSPS) is 11.4. The molecule has 0 fully saturated rings. The lowest BCUT2D eigenvalue weighted by molar-refractivity contribution is 0.133. The first-order valence-corrected chi connectivity index (χ1v) is 7.41. The molecule has 0 saturated carbocycles. The Morgan fingerprint density at radius 3 is 2.65 bits per heavy atom. The van der Waals surface area contributed by atoms with E-state index in [2.05, 4.69) is 37.5 Å². The van der Waals surface area contributed by atoms with Crippen molar-refractivity contribution in [2.45, 2.75) is 40.2 Å². The molecule has 1 heterocycles. The fourth-order valence-corrected chi connectivity index (χ4v) is 2.44. The smallest absolute Gasteiger partial charge is 0.109 e. The van der Waals surface area contributed by atoms with E-state index in [1.54, 1.807) is 0 Å². The summed E-state index contributed by atoms with van der Waals surface area (Å²) in [4.78, 5) is 4.79. The van der Waals surface area contributed by atoms with E-state index in [0.29, 0.717) is 19.8 Å². The lowest BCUT2D eigenvalue weighted by Gasteiger charge is -2.10. The van der Waals surface area contributed by atoms with Gasteiger partial charge in [0.2, 0.25) is 0 Å². The largest absolute Gasteiger partial charge is 0.378 e. The van der Waals surface area contributed by atoms with E-state index in [9.17, 15) is 0 Å². The minimum atomic E-state index is 0.574. The molecule has 1 aromatic carbocycles. The lowest BCUT2D eigenvalue weighted by atomic mass is 10.1. The maximum absolute atomic E-state index is 5.52. The van der Waals surface area contributed by atoms with Gasteiger partial charge in [0.05, 0.1) is 24.2 Å². The number of aromatic nitrogens is 2. The first-order chi connectivity index (χ1) is 9.67. The van der Waals surface area contributed by atoms with Crippen molar-refractivity contribution >= 4 is 11.0 Å². The number of hydrogen-bond donors (Lipinski definition) is 1. The lowest BCUT2D eigenvalue weighted by Crippen LogP contribution is -2.14. The first-order valence-electron chi connectivity index (χ1n) is 7.41. The quantitative estimate of drug-likeness (QED) is 0.790. The Morgan fingerprint density at radius 1 is 1.20 bits per heavy atom. The van der Waals surface area contributed by atoms with Crippen LogP contribution >= 0.6 is 0 Å². The maximum Gasteiger partial charge on any atom is 0.109 e. The molecule has 110 valence electrons. The van der Waals surface area contributed by atoms with Crippen molar-refractivity contribution in [3.63, 3.8) is 0 Å². The highest BCUT2D eigenvalue weighted by Gasteiger charge is 2.11. The van der Waals surface area contributed by atoms with Crippen LogP contribution in [0, 0.1) is 13.8 Å². The molecular weight excluding hydrogens is 250 g/mol. The number of nitrogens with two attached hydrogens (primary N) is 1. The molecule has 0 aliphatic heterocycles. The molecule has 0 aliphatic rings. The number of aryl methyl sites for hydroxylation is 3. The highest BCUT2D eigenvalue weighted by Crippen LogP contribution is 2.21. The van der Waals surface area contributed by atoms with Crippen molar-refractivity contribution in [1.29, 1.82) is 0 Å². The highest BCUT2D eigenvalue weighted by atomic mass is 16.5. The Kier molecular flexibility index (Phi) is 5.15. The molecule has 0 saturated heterocycles. The van der Waals surface area contributed by atoms with Crippen molar-refractivity contribution in [2.75, 3.05) is 19.8 Å². The summed E-state index contributed by atoms with van der Waals surface area (Å²) in [5.74, 6) is 1.16. The third kappa shape index (κ3) is 3.19. The van der Waals surface area contributed by atoms with Crippen LogP contribution in [0.2, 0.25) is 0 Å². The van der Waals surface area contributed by atoms with Gasteiger partial charge in [-0.3, -0.25) is 0 Å². The van der Waals surface area contributed by atoms with Crippen LogP contribution in [0.5, 0.6) is 0 Å². The van der Waals surface area contributed by atoms with Gasteiger partial charge in [-0.05, 0) is 43.5 Å². The van der Waals surface area contributed by atoms with E-state index in [1.807, 2.05) is 0 Å². The van der Waals surface area contributed by atoms with Gasteiger partial charge in [-0.2, -0.15) is 0 Å². The van der Waals surface area contributed by atoms with Crippen molar-refractivity contribution in [1.82, 2.24) is 9.55 Å². The van der Waals surface area contributed by atoms with Gasteiger partial charge < -0.3 is 15.0 Å². The second-order valence-corrected chi connectivity index (χ2v) is 5.26. The fraction of sp³-hybridized carbons (Fsp3) is 0.562. The van der Waals surface area contributed by atoms with Gasteiger partial charge in [0.1, 0.15) is 5.82 Å². The summed E-state index contributed by atoms with van der Waals surface area (Å²) in [6, 6.07) is 4.42. The van der Waals surface area contributed by atoms with Crippen molar-refractivity contribution < 1.29 is 4.74 Å². The molecule has 0 amide bonds. The number of benzene rings is 1. The predicted octanol–water partition coefficient (Wildman–Crippen LogP) is 2.58. The second kappa shape index (κ2) is 6.86. The Hall–Kier alpha value is -1.39. The Balaban J connectivity index is 2.32. The molecule has 0 atom stereocenters. The van der Waals surface area contributed by atoms with E-state index in [4.69, 9.17) is 15.5 Å². The van der Waals surface area contributed by atoms with Crippen LogP contribution in [0.1, 0.15) is 30.3 Å². The van der Waals surface area contributed by atoms with Gasteiger partial charge in [0.25, 0.3) is 0 Å². The van der Waals surface area contributed by atoms with Gasteiger partial charge in [0, 0.05) is 19.5 Å². The van der Waals surface area contributed by atoms with Crippen LogP contribution in [0.15, 0.2) is 12.1 Å². The monoisotopic (exact) mass is 275 g/mol. The molecule has 2 N–H and O–H groups in total. The van der Waals surface area contributed by atoms with Crippen molar-refractivity contribution in [2.24, 2.45) is 5.73 Å². The number of imidazole rings is 1. The molecule has 2 aromatic rings. The predicted molar refractivity (Wildman–Crippen MR) is 83.1 cm³/mol. The number of fused-ring (bicyclic) bond motifs is 1. The van der Waals surface area contributed by atoms with Crippen molar-refractivity contribution in [3.05, 3.63) is 29.1 Å². The van der Waals surface area contributed by atoms with Gasteiger partial charge in [-0.15, -0.1) is 0 Å². The Labute approximate surface area is 120 Å². The van der Waals surface area contributed by atoms with Crippen LogP contribution in [-0.2, 0) is 17.7 Å². The summed E-state index contributed by atoms with van der Waals surface area (Å²) in [6.45, 7) is 9.19. The first kappa shape index (κ1) is 15.0. The van der Waals surface area contributed by atoms with Crippen LogP contribution in [0.3, 0.4) is 0 Å². The van der Waals surface area contributed by atoms with Gasteiger partial charge in [0.15, 0.2) is 0 Å². The molecule has 0 aliphatic carbocycles. The molecular formula is C16H25N3O. The molecule has 4 nitrogen and oxygen atoms in total. The average Bonchev–Trinajstić information content (AvgIpc) is 2.73. The van der Waals surface area contributed by atoms with Gasteiger partial charge >= 0.3 is 0 Å². The van der Waals surface area contributed by atoms with E-state index in [0.717, 1.165) is 30.7 Å². The maximum atomic E-state index is 5.52. The summed E-state index contributed by atoms with van der Waals surface area (Å²) < 4.78 is 7.81. The van der Waals surface area contributed by atoms with Crippen molar-refractivity contribution in [3.8, 4) is 0 Å². The average molecular weight is 275 g/mol. The summed E-state index contributed by atoms with van der Waals surface area (Å²) in [5.41, 5.74) is 10.4. The molecule has 0 spiro atoms. The van der Waals surface area contributed by atoms with E-state index in [1.165, 1.54) is 16.6 Å². The molecule has 2 rings (SSSR count). The van der Waals surface area contributed by atoms with E-state index < -0.39 is 0 Å². The van der Waals surface area contributed by atoms with Gasteiger partial charge in [-0.25, -0.2) is 4.98 Å². The molecule has 20 heavy (non-hydrogen) atoms. The minimum absolute atomic E-state index is 0.574. The minimum Gasteiger partial charge on any atom is -0.378 e. The topological polar surface area (TPSA) is 53.1 Å². The Bertz CT molecular complexity index is 575. The van der Waals surface area contributed by atoms with Crippen LogP contribution in [0.25, 0.3) is 11.0 Å². The Morgan fingerprint density at radius 2 is 1.95 bits per heavy atom. The zero-order valence-corrected chi connectivity index (χ0v) is 12.8. The van der Waals surface area contributed by atoms with Crippen LogP contribution < -0.4 is 5.73 Å². The highest BCUT2D eigenvalue weighted by molar-refractivity contribution is 5.78. The number of rotatable bonds is 7. The zero-order chi connectivity index (χ0) is 14.5. The summed E-state index contributed by atoms with van der Waals surface area (Å²) in [6.07, 6.45) is 2.11. The molecule has 0 radical (unpaired) electrons. The summed E-state index contributed by atoms with van der Waals surface area (Å²) in [5, 5.41) is 0. The number of nitrogens with zero attached hydrogens (tertiary/aromatic N) is 2. The van der Waals surface area contributed by atoms with Crippen LogP contribution in [-0.4, -0.2) is 29.3 Å². The summed E-state index contributed by atoms with van der Waals surface area (Å²) in [7, 11) is 0. The van der Waals surface area contributed by atoms with Gasteiger partial charge in [-0.1, -0.05) is 6.92 Å². The molecule has 4 heteroatoms.